The third-order valence-electron chi connectivity index (χ3n) is 5.64. The lowest BCUT2D eigenvalue weighted by molar-refractivity contribution is 0.0793. The van der Waals surface area contributed by atoms with Crippen LogP contribution in [0.2, 0.25) is 0 Å². The van der Waals surface area contributed by atoms with Crippen LogP contribution in [0.1, 0.15) is 39.1 Å². The number of carbonyl (C=O) groups excluding carboxylic acids is 2. The topological polar surface area (TPSA) is 61.9 Å². The van der Waals surface area contributed by atoms with Gasteiger partial charge in [-0.05, 0) is 55.7 Å². The number of benzene rings is 2. The SMILES string of the molecule is Cc1cccc(C(=O)N2CCCC2)c1NC(=O)c1ccc(N2CCOCC2)cc1. The van der Waals surface area contributed by atoms with Crippen LogP contribution in [-0.4, -0.2) is 56.1 Å². The molecule has 0 spiro atoms. The van der Waals surface area contributed by atoms with E-state index in [-0.39, 0.29) is 11.8 Å². The van der Waals surface area contributed by atoms with Crippen molar-refractivity contribution in [2.75, 3.05) is 49.6 Å². The molecule has 0 atom stereocenters. The maximum absolute atomic E-state index is 12.9. The minimum Gasteiger partial charge on any atom is -0.378 e. The average molecular weight is 393 g/mol. The van der Waals surface area contributed by atoms with Crippen molar-refractivity contribution in [2.24, 2.45) is 0 Å². The van der Waals surface area contributed by atoms with Crippen LogP contribution in [0.15, 0.2) is 42.5 Å². The van der Waals surface area contributed by atoms with Crippen LogP contribution in [0, 0.1) is 6.92 Å². The second kappa shape index (κ2) is 8.66. The molecular formula is C23H27N3O3. The molecule has 0 unspecified atom stereocenters. The van der Waals surface area contributed by atoms with Gasteiger partial charge >= 0.3 is 0 Å². The van der Waals surface area contributed by atoms with Gasteiger partial charge in [0.2, 0.25) is 0 Å². The van der Waals surface area contributed by atoms with Crippen molar-refractivity contribution in [3.63, 3.8) is 0 Å². The first-order valence-corrected chi connectivity index (χ1v) is 10.3. The van der Waals surface area contributed by atoms with Crippen molar-refractivity contribution in [1.82, 2.24) is 4.90 Å². The summed E-state index contributed by atoms with van der Waals surface area (Å²) in [4.78, 5) is 29.9. The van der Waals surface area contributed by atoms with Crippen LogP contribution in [0.25, 0.3) is 0 Å². The molecule has 0 saturated carbocycles. The molecule has 2 amide bonds. The molecule has 6 heteroatoms. The van der Waals surface area contributed by atoms with Gasteiger partial charge in [0.25, 0.3) is 11.8 Å². The van der Waals surface area contributed by atoms with Crippen LogP contribution in [0.4, 0.5) is 11.4 Å². The summed E-state index contributed by atoms with van der Waals surface area (Å²) in [7, 11) is 0. The highest BCUT2D eigenvalue weighted by Gasteiger charge is 2.23. The van der Waals surface area contributed by atoms with Gasteiger partial charge in [0, 0.05) is 37.4 Å². The van der Waals surface area contributed by atoms with Gasteiger partial charge in [-0.15, -0.1) is 0 Å². The summed E-state index contributed by atoms with van der Waals surface area (Å²) in [5.41, 5.74) is 3.71. The van der Waals surface area contributed by atoms with Gasteiger partial charge in [0.15, 0.2) is 0 Å². The number of ether oxygens (including phenoxy) is 1. The first kappa shape index (κ1) is 19.5. The minimum absolute atomic E-state index is 0.0100. The Kier molecular flexibility index (Phi) is 5.81. The van der Waals surface area contributed by atoms with E-state index in [1.54, 1.807) is 6.07 Å². The number of nitrogens with one attached hydrogen (secondary N) is 1. The van der Waals surface area contributed by atoms with E-state index in [0.717, 1.165) is 63.5 Å². The molecule has 2 aliphatic rings. The number of likely N-dealkylation sites (tertiary alicyclic amines) is 1. The van der Waals surface area contributed by atoms with Gasteiger partial charge in [-0.3, -0.25) is 9.59 Å². The molecule has 0 aliphatic carbocycles. The Balaban J connectivity index is 1.51. The van der Waals surface area contributed by atoms with Crippen LogP contribution in [0.3, 0.4) is 0 Å². The van der Waals surface area contributed by atoms with Crippen LogP contribution >= 0.6 is 0 Å². The Bertz CT molecular complexity index is 883. The molecule has 6 nitrogen and oxygen atoms in total. The molecule has 2 aromatic carbocycles. The molecule has 2 fully saturated rings. The Morgan fingerprint density at radius 3 is 2.31 bits per heavy atom. The number of rotatable bonds is 4. The molecule has 0 bridgehead atoms. The smallest absolute Gasteiger partial charge is 0.255 e. The van der Waals surface area contributed by atoms with E-state index in [2.05, 4.69) is 10.2 Å². The second-order valence-electron chi connectivity index (χ2n) is 7.60. The molecule has 4 rings (SSSR count). The number of aryl methyl sites for hydroxylation is 1. The van der Waals surface area contributed by atoms with Crippen molar-refractivity contribution in [3.8, 4) is 0 Å². The predicted octanol–water partition coefficient (Wildman–Crippen LogP) is 3.32. The monoisotopic (exact) mass is 393 g/mol. The number of para-hydroxylation sites is 1. The van der Waals surface area contributed by atoms with E-state index in [1.807, 2.05) is 48.2 Å². The highest BCUT2D eigenvalue weighted by molar-refractivity contribution is 6.09. The molecule has 152 valence electrons. The predicted molar refractivity (Wildman–Crippen MR) is 114 cm³/mol. The van der Waals surface area contributed by atoms with Crippen LogP contribution < -0.4 is 10.2 Å². The molecule has 29 heavy (non-hydrogen) atoms. The first-order valence-electron chi connectivity index (χ1n) is 10.3. The summed E-state index contributed by atoms with van der Waals surface area (Å²) >= 11 is 0. The minimum atomic E-state index is -0.205. The van der Waals surface area contributed by atoms with Gasteiger partial charge < -0.3 is 19.9 Å². The maximum Gasteiger partial charge on any atom is 0.255 e. The zero-order valence-electron chi connectivity index (χ0n) is 16.8. The van der Waals surface area contributed by atoms with E-state index in [9.17, 15) is 9.59 Å². The Morgan fingerprint density at radius 1 is 0.931 bits per heavy atom. The number of anilines is 2. The Morgan fingerprint density at radius 2 is 1.62 bits per heavy atom. The number of morpholine rings is 1. The van der Waals surface area contributed by atoms with Crippen molar-refractivity contribution >= 4 is 23.2 Å². The number of amides is 2. The van der Waals surface area contributed by atoms with Crippen molar-refractivity contribution < 1.29 is 14.3 Å². The fraction of sp³-hybridized carbons (Fsp3) is 0.391. The largest absolute Gasteiger partial charge is 0.378 e. The number of carbonyl (C=O) groups is 2. The van der Waals surface area contributed by atoms with Crippen LogP contribution in [-0.2, 0) is 4.74 Å². The van der Waals surface area contributed by atoms with Crippen molar-refractivity contribution in [2.45, 2.75) is 19.8 Å². The fourth-order valence-electron chi connectivity index (χ4n) is 3.93. The Hall–Kier alpha value is -2.86. The maximum atomic E-state index is 12.9. The summed E-state index contributed by atoms with van der Waals surface area (Å²) in [6, 6.07) is 13.2. The number of nitrogens with zero attached hydrogens (tertiary/aromatic N) is 2. The second-order valence-corrected chi connectivity index (χ2v) is 7.60. The van der Waals surface area contributed by atoms with Gasteiger partial charge in [-0.2, -0.15) is 0 Å². The van der Waals surface area contributed by atoms with E-state index in [1.165, 1.54) is 0 Å². The van der Waals surface area contributed by atoms with Crippen LogP contribution in [0.5, 0.6) is 0 Å². The lowest BCUT2D eigenvalue weighted by atomic mass is 10.1. The van der Waals surface area contributed by atoms with E-state index >= 15 is 0 Å². The Labute approximate surface area is 171 Å². The molecule has 1 N–H and O–H groups in total. The van der Waals surface area contributed by atoms with E-state index in [4.69, 9.17) is 4.74 Å². The van der Waals surface area contributed by atoms with E-state index in [0.29, 0.717) is 16.8 Å². The lowest BCUT2D eigenvalue weighted by Crippen LogP contribution is -2.36. The van der Waals surface area contributed by atoms with Crippen molar-refractivity contribution in [1.29, 1.82) is 0 Å². The fourth-order valence-corrected chi connectivity index (χ4v) is 3.93. The van der Waals surface area contributed by atoms with Gasteiger partial charge in [0.05, 0.1) is 24.5 Å². The summed E-state index contributed by atoms with van der Waals surface area (Å²) in [6.07, 6.45) is 2.07. The number of hydrogen-bond acceptors (Lipinski definition) is 4. The molecular weight excluding hydrogens is 366 g/mol. The zero-order valence-corrected chi connectivity index (χ0v) is 16.8. The molecule has 0 aromatic heterocycles. The highest BCUT2D eigenvalue weighted by atomic mass is 16.5. The lowest BCUT2D eigenvalue weighted by Gasteiger charge is -2.28. The molecule has 2 heterocycles. The molecule has 2 aliphatic heterocycles. The normalized spacial score (nSPS) is 16.7. The zero-order chi connectivity index (χ0) is 20.2. The summed E-state index contributed by atoms with van der Waals surface area (Å²) in [6.45, 7) is 6.64. The summed E-state index contributed by atoms with van der Waals surface area (Å²) in [5.74, 6) is -0.215. The first-order chi connectivity index (χ1) is 14.1. The summed E-state index contributed by atoms with van der Waals surface area (Å²) < 4.78 is 5.39. The van der Waals surface area contributed by atoms with Gasteiger partial charge in [-0.25, -0.2) is 0 Å². The third kappa shape index (κ3) is 4.27. The van der Waals surface area contributed by atoms with E-state index < -0.39 is 0 Å². The van der Waals surface area contributed by atoms with Gasteiger partial charge in [0.1, 0.15) is 0 Å². The van der Waals surface area contributed by atoms with Gasteiger partial charge in [-0.1, -0.05) is 12.1 Å². The molecule has 2 aromatic rings. The number of hydrogen-bond donors (Lipinski definition) is 1. The molecule has 0 radical (unpaired) electrons. The summed E-state index contributed by atoms with van der Waals surface area (Å²) in [5, 5.41) is 2.98. The quantitative estimate of drug-likeness (QED) is 0.866. The highest BCUT2D eigenvalue weighted by Crippen LogP contribution is 2.25. The average Bonchev–Trinajstić information content (AvgIpc) is 3.30. The standard InChI is InChI=1S/C23H27N3O3/c1-17-5-4-6-20(23(28)26-11-2-3-12-26)21(17)24-22(27)18-7-9-19(10-8-18)25-13-15-29-16-14-25/h4-10H,2-3,11-16H2,1H3,(H,24,27). The third-order valence-corrected chi connectivity index (χ3v) is 5.64. The van der Waals surface area contributed by atoms with Crippen molar-refractivity contribution in [3.05, 3.63) is 59.2 Å². The molecule has 2 saturated heterocycles.